The molecule has 0 aromatic heterocycles. The maximum absolute atomic E-state index is 12.3. The first-order valence-electron chi connectivity index (χ1n) is 7.98. The highest BCUT2D eigenvalue weighted by molar-refractivity contribution is 9.10. The van der Waals surface area contributed by atoms with E-state index in [1.54, 1.807) is 0 Å². The van der Waals surface area contributed by atoms with Crippen molar-refractivity contribution in [1.82, 2.24) is 5.43 Å². The average molecular weight is 366 g/mol. The summed E-state index contributed by atoms with van der Waals surface area (Å²) in [6.45, 7) is 4.17. The number of carbonyl (C=O) groups excluding carboxylic acids is 1. The number of hydrazone groups is 1. The monoisotopic (exact) mass is 365 g/mol. The number of anilines is 1. The van der Waals surface area contributed by atoms with Crippen LogP contribution in [0.5, 0.6) is 0 Å². The molecule has 0 radical (unpaired) electrons. The SMILES string of the molecule is CC[C@@H](Nc1cccc(Br)c1)C(=O)NN=C1CCCC[C@H]1C. The van der Waals surface area contributed by atoms with Gasteiger partial charge in [0, 0.05) is 15.9 Å². The Morgan fingerprint density at radius 3 is 2.95 bits per heavy atom. The second kappa shape index (κ2) is 8.32. The van der Waals surface area contributed by atoms with Crippen LogP contribution in [0.2, 0.25) is 0 Å². The van der Waals surface area contributed by atoms with Gasteiger partial charge in [-0.1, -0.05) is 42.3 Å². The predicted molar refractivity (Wildman–Crippen MR) is 95.1 cm³/mol. The summed E-state index contributed by atoms with van der Waals surface area (Å²) in [5.41, 5.74) is 4.79. The fraction of sp³-hybridized carbons (Fsp3) is 0.529. The molecule has 1 aromatic rings. The largest absolute Gasteiger partial charge is 0.374 e. The molecule has 2 N–H and O–H groups in total. The van der Waals surface area contributed by atoms with Crippen molar-refractivity contribution in [1.29, 1.82) is 0 Å². The Kier molecular flexibility index (Phi) is 6.43. The van der Waals surface area contributed by atoms with Crippen LogP contribution in [0.25, 0.3) is 0 Å². The molecule has 2 rings (SSSR count). The van der Waals surface area contributed by atoms with Gasteiger partial charge in [-0.05, 0) is 49.8 Å². The summed E-state index contributed by atoms with van der Waals surface area (Å²) in [6.07, 6.45) is 5.31. The van der Waals surface area contributed by atoms with Gasteiger partial charge < -0.3 is 5.32 Å². The van der Waals surface area contributed by atoms with Crippen molar-refractivity contribution >= 4 is 33.2 Å². The number of carbonyl (C=O) groups is 1. The maximum atomic E-state index is 12.3. The molecular weight excluding hydrogens is 342 g/mol. The van der Waals surface area contributed by atoms with Crippen LogP contribution in [0.15, 0.2) is 33.8 Å². The van der Waals surface area contributed by atoms with Crippen molar-refractivity contribution in [2.24, 2.45) is 11.0 Å². The normalized spacial score (nSPS) is 21.4. The van der Waals surface area contributed by atoms with Crippen LogP contribution in [0, 0.1) is 5.92 Å². The summed E-state index contributed by atoms with van der Waals surface area (Å²) >= 11 is 3.44. The number of hydrogen-bond donors (Lipinski definition) is 2. The van der Waals surface area contributed by atoms with Gasteiger partial charge in [0.1, 0.15) is 6.04 Å². The standard InChI is InChI=1S/C17H24BrN3O/c1-3-15(19-14-9-6-8-13(18)11-14)17(22)21-20-16-10-5-4-7-12(16)2/h6,8-9,11-12,15,19H,3-5,7,10H2,1-2H3,(H,21,22)/t12-,15-/m1/s1. The van der Waals surface area contributed by atoms with E-state index in [9.17, 15) is 4.79 Å². The zero-order valence-electron chi connectivity index (χ0n) is 13.2. The number of halogens is 1. The zero-order chi connectivity index (χ0) is 15.9. The van der Waals surface area contributed by atoms with Crippen LogP contribution < -0.4 is 10.7 Å². The number of nitrogens with zero attached hydrogens (tertiary/aromatic N) is 1. The molecule has 4 nitrogen and oxygen atoms in total. The highest BCUT2D eigenvalue weighted by Gasteiger charge is 2.19. The molecule has 0 aliphatic heterocycles. The highest BCUT2D eigenvalue weighted by atomic mass is 79.9. The Morgan fingerprint density at radius 2 is 2.27 bits per heavy atom. The molecule has 1 amide bonds. The lowest BCUT2D eigenvalue weighted by molar-refractivity contribution is -0.121. The molecule has 2 atom stereocenters. The lowest BCUT2D eigenvalue weighted by Gasteiger charge is -2.21. The predicted octanol–water partition coefficient (Wildman–Crippen LogP) is 4.32. The number of rotatable bonds is 5. The van der Waals surface area contributed by atoms with E-state index in [1.165, 1.54) is 19.3 Å². The molecule has 0 saturated heterocycles. The van der Waals surface area contributed by atoms with Crippen LogP contribution in [-0.4, -0.2) is 17.7 Å². The minimum absolute atomic E-state index is 0.0762. The van der Waals surface area contributed by atoms with E-state index in [1.807, 2.05) is 31.2 Å². The molecule has 120 valence electrons. The summed E-state index contributed by atoms with van der Waals surface area (Å²) in [4.78, 5) is 12.3. The van der Waals surface area contributed by atoms with Gasteiger partial charge in [0.05, 0.1) is 0 Å². The molecule has 0 spiro atoms. The highest BCUT2D eigenvalue weighted by Crippen LogP contribution is 2.21. The van der Waals surface area contributed by atoms with E-state index < -0.39 is 0 Å². The Morgan fingerprint density at radius 1 is 1.45 bits per heavy atom. The molecule has 0 heterocycles. The first kappa shape index (κ1) is 17.0. The number of nitrogens with one attached hydrogen (secondary N) is 2. The number of benzene rings is 1. The Labute approximate surface area is 140 Å². The topological polar surface area (TPSA) is 53.5 Å². The van der Waals surface area contributed by atoms with Gasteiger partial charge in [0.2, 0.25) is 0 Å². The molecule has 1 aromatic carbocycles. The smallest absolute Gasteiger partial charge is 0.262 e. The maximum Gasteiger partial charge on any atom is 0.262 e. The molecule has 1 fully saturated rings. The van der Waals surface area contributed by atoms with Crippen molar-refractivity contribution in [2.75, 3.05) is 5.32 Å². The van der Waals surface area contributed by atoms with Crippen molar-refractivity contribution in [3.8, 4) is 0 Å². The zero-order valence-corrected chi connectivity index (χ0v) is 14.8. The minimum atomic E-state index is -0.280. The second-order valence-corrected chi connectivity index (χ2v) is 6.76. The van der Waals surface area contributed by atoms with E-state index in [-0.39, 0.29) is 11.9 Å². The van der Waals surface area contributed by atoms with Crippen LogP contribution in [-0.2, 0) is 4.79 Å². The van der Waals surface area contributed by atoms with Crippen LogP contribution in [0.1, 0.15) is 46.0 Å². The van der Waals surface area contributed by atoms with Crippen molar-refractivity contribution in [3.63, 3.8) is 0 Å². The van der Waals surface area contributed by atoms with Crippen molar-refractivity contribution < 1.29 is 4.79 Å². The third-order valence-corrected chi connectivity index (χ3v) is 4.58. The van der Waals surface area contributed by atoms with Gasteiger partial charge in [-0.15, -0.1) is 0 Å². The van der Waals surface area contributed by atoms with Gasteiger partial charge >= 0.3 is 0 Å². The molecule has 1 aliphatic carbocycles. The summed E-state index contributed by atoms with van der Waals surface area (Å²) in [6, 6.07) is 7.54. The molecule has 22 heavy (non-hydrogen) atoms. The summed E-state index contributed by atoms with van der Waals surface area (Å²) in [5.74, 6) is 0.403. The Bertz CT molecular complexity index is 544. The number of hydrogen-bond acceptors (Lipinski definition) is 3. The minimum Gasteiger partial charge on any atom is -0.374 e. The summed E-state index contributed by atoms with van der Waals surface area (Å²) in [7, 11) is 0. The fourth-order valence-electron chi connectivity index (χ4n) is 2.67. The van der Waals surface area contributed by atoms with Crippen molar-refractivity contribution in [2.45, 2.75) is 52.0 Å². The molecule has 5 heteroatoms. The average Bonchev–Trinajstić information content (AvgIpc) is 2.51. The molecular formula is C17H24BrN3O. The quantitative estimate of drug-likeness (QED) is 0.763. The van der Waals surface area contributed by atoms with Crippen LogP contribution in [0.3, 0.4) is 0 Å². The van der Waals surface area contributed by atoms with Crippen molar-refractivity contribution in [3.05, 3.63) is 28.7 Å². The molecule has 0 bridgehead atoms. The lowest BCUT2D eigenvalue weighted by Crippen LogP contribution is -2.37. The molecule has 0 unspecified atom stereocenters. The first-order valence-corrected chi connectivity index (χ1v) is 8.78. The van der Waals surface area contributed by atoms with E-state index in [4.69, 9.17) is 0 Å². The number of amides is 1. The van der Waals surface area contributed by atoms with Gasteiger partial charge in [0.25, 0.3) is 5.91 Å². The van der Waals surface area contributed by atoms with E-state index in [0.29, 0.717) is 12.3 Å². The van der Waals surface area contributed by atoms with E-state index in [0.717, 1.165) is 22.3 Å². The fourth-order valence-corrected chi connectivity index (χ4v) is 3.07. The first-order chi connectivity index (χ1) is 10.6. The summed E-state index contributed by atoms with van der Waals surface area (Å²) < 4.78 is 0.990. The third-order valence-electron chi connectivity index (χ3n) is 4.09. The second-order valence-electron chi connectivity index (χ2n) is 5.84. The van der Waals surface area contributed by atoms with Gasteiger partial charge in [-0.3, -0.25) is 4.79 Å². The van der Waals surface area contributed by atoms with Gasteiger partial charge in [-0.25, -0.2) is 5.43 Å². The van der Waals surface area contributed by atoms with E-state index in [2.05, 4.69) is 38.7 Å². The van der Waals surface area contributed by atoms with Gasteiger partial charge in [0.15, 0.2) is 0 Å². The third kappa shape index (κ3) is 4.83. The summed E-state index contributed by atoms with van der Waals surface area (Å²) in [5, 5.41) is 7.62. The van der Waals surface area contributed by atoms with Gasteiger partial charge in [-0.2, -0.15) is 5.10 Å². The van der Waals surface area contributed by atoms with Crippen LogP contribution >= 0.6 is 15.9 Å². The lowest BCUT2D eigenvalue weighted by atomic mass is 9.89. The molecule has 1 aliphatic rings. The van der Waals surface area contributed by atoms with E-state index >= 15 is 0 Å². The Balaban J connectivity index is 1.95. The molecule has 1 saturated carbocycles. The Hall–Kier alpha value is -1.36. The van der Waals surface area contributed by atoms with Crippen LogP contribution in [0.4, 0.5) is 5.69 Å².